The highest BCUT2D eigenvalue weighted by atomic mass is 16.5. The zero-order valence-corrected chi connectivity index (χ0v) is 13.1. The number of hydrogen-bond acceptors (Lipinski definition) is 4. The molecule has 1 amide bonds. The average Bonchev–Trinajstić information content (AvgIpc) is 2.55. The van der Waals surface area contributed by atoms with E-state index < -0.39 is 18.0 Å². The van der Waals surface area contributed by atoms with Gasteiger partial charge in [0, 0.05) is 6.54 Å². The van der Waals surface area contributed by atoms with E-state index in [0.29, 0.717) is 12.1 Å². The average molecular weight is 313 g/mol. The number of aromatic hydroxyl groups is 1. The first-order valence-electron chi connectivity index (χ1n) is 7.30. The Morgan fingerprint density at radius 3 is 2.52 bits per heavy atom. The Morgan fingerprint density at radius 1 is 1.13 bits per heavy atom. The van der Waals surface area contributed by atoms with Crippen molar-refractivity contribution < 1.29 is 19.4 Å². The fourth-order valence-corrected chi connectivity index (χ4v) is 2.03. The number of aryl methyl sites for hydroxylation is 1. The third-order valence-corrected chi connectivity index (χ3v) is 3.42. The number of nitrogens with one attached hydrogen (secondary N) is 1. The van der Waals surface area contributed by atoms with Crippen LogP contribution >= 0.6 is 0 Å². The van der Waals surface area contributed by atoms with E-state index in [2.05, 4.69) is 5.32 Å². The van der Waals surface area contributed by atoms with Crippen LogP contribution in [-0.4, -0.2) is 23.1 Å². The van der Waals surface area contributed by atoms with Gasteiger partial charge in [0.2, 0.25) is 0 Å². The Kier molecular flexibility index (Phi) is 5.36. The Bertz CT molecular complexity index is 697. The van der Waals surface area contributed by atoms with Crippen LogP contribution in [0.2, 0.25) is 0 Å². The maximum absolute atomic E-state index is 12.0. The van der Waals surface area contributed by atoms with Crippen molar-refractivity contribution in [3.8, 4) is 5.75 Å². The molecule has 0 saturated carbocycles. The lowest BCUT2D eigenvalue weighted by molar-refractivity contribution is -0.129. The van der Waals surface area contributed by atoms with Crippen LogP contribution in [0.5, 0.6) is 5.75 Å². The van der Waals surface area contributed by atoms with Crippen LogP contribution in [0.4, 0.5) is 0 Å². The van der Waals surface area contributed by atoms with E-state index >= 15 is 0 Å². The fourth-order valence-electron chi connectivity index (χ4n) is 2.03. The van der Waals surface area contributed by atoms with E-state index in [1.807, 2.05) is 30.3 Å². The largest absolute Gasteiger partial charge is 0.507 e. The Hall–Kier alpha value is -2.82. The van der Waals surface area contributed by atoms with Crippen molar-refractivity contribution in [2.45, 2.75) is 26.5 Å². The zero-order valence-electron chi connectivity index (χ0n) is 13.1. The maximum atomic E-state index is 12.0. The van der Waals surface area contributed by atoms with Crippen LogP contribution in [0.25, 0.3) is 0 Å². The van der Waals surface area contributed by atoms with Crippen molar-refractivity contribution >= 4 is 11.9 Å². The highest BCUT2D eigenvalue weighted by Gasteiger charge is 2.21. The zero-order chi connectivity index (χ0) is 16.8. The highest BCUT2D eigenvalue weighted by Crippen LogP contribution is 2.22. The molecule has 0 saturated heterocycles. The molecule has 5 nitrogen and oxygen atoms in total. The van der Waals surface area contributed by atoms with Crippen molar-refractivity contribution in [3.05, 3.63) is 65.2 Å². The number of hydrogen-bond donors (Lipinski definition) is 2. The van der Waals surface area contributed by atoms with Crippen LogP contribution in [0.3, 0.4) is 0 Å². The summed E-state index contributed by atoms with van der Waals surface area (Å²) >= 11 is 0. The van der Waals surface area contributed by atoms with Crippen LogP contribution in [0, 0.1) is 6.92 Å². The molecule has 2 aromatic rings. The van der Waals surface area contributed by atoms with E-state index in [-0.39, 0.29) is 11.3 Å². The maximum Gasteiger partial charge on any atom is 0.342 e. The normalized spacial score (nSPS) is 11.6. The number of para-hydroxylation sites is 1. The number of amides is 1. The minimum Gasteiger partial charge on any atom is -0.507 e. The molecule has 5 heteroatoms. The van der Waals surface area contributed by atoms with Crippen LogP contribution in [0.15, 0.2) is 48.5 Å². The molecule has 2 N–H and O–H groups in total. The van der Waals surface area contributed by atoms with Crippen LogP contribution < -0.4 is 5.32 Å². The monoisotopic (exact) mass is 313 g/mol. The Balaban J connectivity index is 1.92. The van der Waals surface area contributed by atoms with Gasteiger partial charge in [-0.1, -0.05) is 42.5 Å². The lowest BCUT2D eigenvalue weighted by atomic mass is 10.1. The summed E-state index contributed by atoms with van der Waals surface area (Å²) in [4.78, 5) is 24.0. The van der Waals surface area contributed by atoms with Gasteiger partial charge in [0.1, 0.15) is 11.3 Å². The van der Waals surface area contributed by atoms with Crippen LogP contribution in [0.1, 0.15) is 28.4 Å². The molecular weight excluding hydrogens is 294 g/mol. The predicted octanol–water partition coefficient (Wildman–Crippen LogP) is 2.56. The summed E-state index contributed by atoms with van der Waals surface area (Å²) < 4.78 is 5.11. The fraction of sp³-hybridized carbons (Fsp3) is 0.222. The summed E-state index contributed by atoms with van der Waals surface area (Å²) in [6, 6.07) is 14.2. The molecule has 0 heterocycles. The van der Waals surface area contributed by atoms with Crippen molar-refractivity contribution in [1.29, 1.82) is 0 Å². The first-order chi connectivity index (χ1) is 11.0. The van der Waals surface area contributed by atoms with Gasteiger partial charge in [-0.25, -0.2) is 4.79 Å². The van der Waals surface area contributed by atoms with Gasteiger partial charge in [0.25, 0.3) is 5.91 Å². The van der Waals surface area contributed by atoms with Gasteiger partial charge in [-0.05, 0) is 31.0 Å². The number of ether oxygens (including phenoxy) is 1. The summed E-state index contributed by atoms with van der Waals surface area (Å²) in [5.74, 6) is -1.25. The van der Waals surface area contributed by atoms with Crippen molar-refractivity contribution in [2.24, 2.45) is 0 Å². The van der Waals surface area contributed by atoms with Gasteiger partial charge < -0.3 is 15.2 Å². The molecule has 0 unspecified atom stereocenters. The Labute approximate surface area is 134 Å². The first-order valence-corrected chi connectivity index (χ1v) is 7.30. The second-order valence-corrected chi connectivity index (χ2v) is 5.22. The minimum absolute atomic E-state index is 0.0488. The van der Waals surface area contributed by atoms with Gasteiger partial charge in [0.05, 0.1) is 0 Å². The first kappa shape index (κ1) is 16.5. The summed E-state index contributed by atoms with van der Waals surface area (Å²) in [5, 5.41) is 12.6. The lowest BCUT2D eigenvalue weighted by Gasteiger charge is -2.14. The number of benzene rings is 2. The van der Waals surface area contributed by atoms with Gasteiger partial charge >= 0.3 is 5.97 Å². The third kappa shape index (κ3) is 4.32. The molecule has 23 heavy (non-hydrogen) atoms. The van der Waals surface area contributed by atoms with Gasteiger partial charge in [-0.15, -0.1) is 0 Å². The number of phenolic OH excluding ortho intramolecular Hbond substituents is 1. The van der Waals surface area contributed by atoms with Crippen LogP contribution in [-0.2, 0) is 16.1 Å². The second-order valence-electron chi connectivity index (χ2n) is 5.22. The molecule has 0 bridgehead atoms. The summed E-state index contributed by atoms with van der Waals surface area (Å²) in [6.45, 7) is 3.53. The topological polar surface area (TPSA) is 75.6 Å². The molecule has 0 radical (unpaired) electrons. The number of carbonyl (C=O) groups excluding carboxylic acids is 2. The van der Waals surface area contributed by atoms with E-state index in [1.54, 1.807) is 19.1 Å². The molecule has 0 aliphatic rings. The van der Waals surface area contributed by atoms with E-state index in [0.717, 1.165) is 5.56 Å². The molecule has 0 fully saturated rings. The number of carbonyl (C=O) groups is 2. The molecule has 1 atom stereocenters. The standard InChI is InChI=1S/C18H19NO4/c1-12-7-6-10-15(16(12)20)18(22)23-13(2)17(21)19-11-14-8-4-3-5-9-14/h3-10,13,20H,11H2,1-2H3,(H,19,21)/t13-/m0/s1. The molecule has 0 aliphatic carbocycles. The quantitative estimate of drug-likeness (QED) is 0.832. The third-order valence-electron chi connectivity index (χ3n) is 3.42. The van der Waals surface area contributed by atoms with Gasteiger partial charge in [-0.2, -0.15) is 0 Å². The summed E-state index contributed by atoms with van der Waals surface area (Å²) in [7, 11) is 0. The van der Waals surface area contributed by atoms with Crippen molar-refractivity contribution in [2.75, 3.05) is 0 Å². The lowest BCUT2D eigenvalue weighted by Crippen LogP contribution is -2.35. The molecule has 0 aromatic heterocycles. The molecule has 0 spiro atoms. The van der Waals surface area contributed by atoms with E-state index in [4.69, 9.17) is 4.74 Å². The predicted molar refractivity (Wildman–Crippen MR) is 86.0 cm³/mol. The minimum atomic E-state index is -0.953. The van der Waals surface area contributed by atoms with Gasteiger partial charge in [-0.3, -0.25) is 4.79 Å². The molecular formula is C18H19NO4. The summed E-state index contributed by atoms with van der Waals surface area (Å²) in [6.07, 6.45) is -0.953. The van der Waals surface area contributed by atoms with Crippen molar-refractivity contribution in [1.82, 2.24) is 5.32 Å². The molecule has 2 rings (SSSR count). The number of rotatable bonds is 5. The highest BCUT2D eigenvalue weighted by molar-refractivity contribution is 5.94. The number of phenols is 1. The van der Waals surface area contributed by atoms with Crippen molar-refractivity contribution in [3.63, 3.8) is 0 Å². The molecule has 2 aromatic carbocycles. The summed E-state index contributed by atoms with van der Waals surface area (Å²) in [5.41, 5.74) is 1.57. The Morgan fingerprint density at radius 2 is 1.83 bits per heavy atom. The van der Waals surface area contributed by atoms with E-state index in [1.165, 1.54) is 13.0 Å². The van der Waals surface area contributed by atoms with Gasteiger partial charge in [0.15, 0.2) is 6.10 Å². The molecule has 120 valence electrons. The molecule has 0 aliphatic heterocycles. The van der Waals surface area contributed by atoms with E-state index in [9.17, 15) is 14.7 Å². The SMILES string of the molecule is Cc1cccc(C(=O)O[C@@H](C)C(=O)NCc2ccccc2)c1O. The second kappa shape index (κ2) is 7.45. The smallest absolute Gasteiger partial charge is 0.342 e. The number of esters is 1.